The molecule has 1 atom stereocenters. The molecule has 6 heteroatoms. The normalized spacial score (nSPS) is 11.7. The molecule has 0 aliphatic rings. The molecule has 0 saturated carbocycles. The number of carboxylic acids is 1. The van der Waals surface area contributed by atoms with Crippen LogP contribution in [0.1, 0.15) is 17.3 Å². The second-order valence-corrected chi connectivity index (χ2v) is 4.31. The van der Waals surface area contributed by atoms with Crippen LogP contribution in [0.5, 0.6) is 11.5 Å². The van der Waals surface area contributed by atoms with Gasteiger partial charge >= 0.3 is 5.97 Å². The summed E-state index contributed by atoms with van der Waals surface area (Å²) in [6.07, 6.45) is 0. The van der Waals surface area contributed by atoms with Crippen molar-refractivity contribution in [2.24, 2.45) is 5.92 Å². The molecular formula is C13H17NO5. The van der Waals surface area contributed by atoms with Crippen molar-refractivity contribution in [3.05, 3.63) is 23.8 Å². The van der Waals surface area contributed by atoms with Crippen LogP contribution in [0.15, 0.2) is 18.2 Å². The molecule has 0 heterocycles. The smallest absolute Gasteiger partial charge is 0.308 e. The molecule has 19 heavy (non-hydrogen) atoms. The Morgan fingerprint density at radius 3 is 2.53 bits per heavy atom. The highest BCUT2D eigenvalue weighted by molar-refractivity contribution is 5.95. The van der Waals surface area contributed by atoms with Crippen LogP contribution in [0.3, 0.4) is 0 Å². The number of hydrogen-bond acceptors (Lipinski definition) is 4. The van der Waals surface area contributed by atoms with Gasteiger partial charge in [0, 0.05) is 19.2 Å². The van der Waals surface area contributed by atoms with Gasteiger partial charge in [0.1, 0.15) is 0 Å². The highest BCUT2D eigenvalue weighted by Crippen LogP contribution is 2.26. The lowest BCUT2D eigenvalue weighted by atomic mass is 10.1. The number of ether oxygens (including phenoxy) is 1. The highest BCUT2D eigenvalue weighted by Gasteiger charge is 2.19. The molecule has 1 aromatic rings. The number of aromatic hydroxyl groups is 1. The van der Waals surface area contributed by atoms with E-state index in [-0.39, 0.29) is 29.5 Å². The number of phenolic OH excluding ortho intramolecular Hbond substituents is 1. The van der Waals surface area contributed by atoms with Crippen LogP contribution in [0.25, 0.3) is 0 Å². The molecule has 1 unspecified atom stereocenters. The standard InChI is InChI=1S/C13H17NO5/c1-8(13(17)18)7-14(2)12(16)9-4-5-11(19-3)10(15)6-9/h4-6,8,15H,7H2,1-3H3,(H,17,18). The van der Waals surface area contributed by atoms with Crippen LogP contribution in [0.2, 0.25) is 0 Å². The number of amides is 1. The summed E-state index contributed by atoms with van der Waals surface area (Å²) >= 11 is 0. The van der Waals surface area contributed by atoms with E-state index in [0.717, 1.165) is 0 Å². The molecule has 2 N–H and O–H groups in total. The maximum Gasteiger partial charge on any atom is 0.308 e. The van der Waals surface area contributed by atoms with Crippen LogP contribution in [-0.4, -0.2) is 47.7 Å². The number of hydrogen-bond donors (Lipinski definition) is 2. The maximum absolute atomic E-state index is 12.0. The Bertz CT molecular complexity index is 486. The third kappa shape index (κ3) is 3.61. The van der Waals surface area contributed by atoms with Crippen molar-refractivity contribution in [1.29, 1.82) is 0 Å². The Hall–Kier alpha value is -2.24. The summed E-state index contributed by atoms with van der Waals surface area (Å²) in [5.74, 6) is -1.82. The molecule has 0 aromatic heterocycles. The number of rotatable bonds is 5. The molecule has 0 aliphatic heterocycles. The first-order valence-corrected chi connectivity index (χ1v) is 5.72. The SMILES string of the molecule is COc1ccc(C(=O)N(C)CC(C)C(=O)O)cc1O. The maximum atomic E-state index is 12.0. The van der Waals surface area contributed by atoms with Gasteiger partial charge in [-0.3, -0.25) is 9.59 Å². The average molecular weight is 267 g/mol. The van der Waals surface area contributed by atoms with Gasteiger partial charge < -0.3 is 19.8 Å². The fraction of sp³-hybridized carbons (Fsp3) is 0.385. The Kier molecular flexibility index (Phi) is 4.74. The van der Waals surface area contributed by atoms with Gasteiger partial charge in [-0.1, -0.05) is 6.92 Å². The first kappa shape index (κ1) is 14.8. The molecule has 1 rings (SSSR count). The van der Waals surface area contributed by atoms with Crippen molar-refractivity contribution in [2.75, 3.05) is 20.7 Å². The van der Waals surface area contributed by atoms with Crippen molar-refractivity contribution in [2.45, 2.75) is 6.92 Å². The van der Waals surface area contributed by atoms with Crippen LogP contribution in [0, 0.1) is 5.92 Å². The molecule has 0 fully saturated rings. The fourth-order valence-electron chi connectivity index (χ4n) is 1.62. The number of phenols is 1. The van der Waals surface area contributed by atoms with E-state index in [1.165, 1.54) is 44.2 Å². The molecule has 1 amide bonds. The minimum atomic E-state index is -0.961. The summed E-state index contributed by atoms with van der Waals surface area (Å²) in [4.78, 5) is 24.1. The zero-order valence-corrected chi connectivity index (χ0v) is 11.1. The van der Waals surface area contributed by atoms with Gasteiger partial charge in [-0.05, 0) is 18.2 Å². The monoisotopic (exact) mass is 267 g/mol. The van der Waals surface area contributed by atoms with Gasteiger partial charge in [-0.25, -0.2) is 0 Å². The van der Waals surface area contributed by atoms with Crippen LogP contribution < -0.4 is 4.74 Å². The number of carboxylic acid groups (broad SMARTS) is 1. The van der Waals surface area contributed by atoms with E-state index in [4.69, 9.17) is 9.84 Å². The second-order valence-electron chi connectivity index (χ2n) is 4.31. The number of nitrogens with zero attached hydrogens (tertiary/aromatic N) is 1. The first-order chi connectivity index (χ1) is 8.86. The summed E-state index contributed by atoms with van der Waals surface area (Å²) < 4.78 is 4.88. The first-order valence-electron chi connectivity index (χ1n) is 5.72. The van der Waals surface area contributed by atoms with E-state index >= 15 is 0 Å². The molecule has 0 bridgehead atoms. The molecule has 6 nitrogen and oxygen atoms in total. The van der Waals surface area contributed by atoms with Gasteiger partial charge in [-0.2, -0.15) is 0 Å². The van der Waals surface area contributed by atoms with Crippen LogP contribution >= 0.6 is 0 Å². The molecule has 0 saturated heterocycles. The van der Waals surface area contributed by atoms with Crippen molar-refractivity contribution in [1.82, 2.24) is 4.90 Å². The van der Waals surface area contributed by atoms with Gasteiger partial charge in [-0.15, -0.1) is 0 Å². The van der Waals surface area contributed by atoms with Crippen molar-refractivity contribution in [3.8, 4) is 11.5 Å². The molecule has 1 aromatic carbocycles. The Labute approximate surface area is 111 Å². The highest BCUT2D eigenvalue weighted by atomic mass is 16.5. The van der Waals surface area contributed by atoms with E-state index < -0.39 is 11.9 Å². The summed E-state index contributed by atoms with van der Waals surface area (Å²) in [5, 5.41) is 18.4. The fourth-order valence-corrected chi connectivity index (χ4v) is 1.62. The van der Waals surface area contributed by atoms with Gasteiger partial charge in [0.2, 0.25) is 0 Å². The summed E-state index contributed by atoms with van der Waals surface area (Å²) in [7, 11) is 2.93. The number of aliphatic carboxylic acids is 1. The number of carbonyl (C=O) groups is 2. The van der Waals surface area contributed by atoms with Crippen molar-refractivity contribution < 1.29 is 24.5 Å². The number of methoxy groups -OCH3 is 1. The predicted octanol–water partition coefficient (Wildman–Crippen LogP) is 1.19. The molecular weight excluding hydrogens is 250 g/mol. The molecule has 0 spiro atoms. The third-order valence-electron chi connectivity index (χ3n) is 2.74. The minimum Gasteiger partial charge on any atom is -0.504 e. The zero-order valence-electron chi connectivity index (χ0n) is 11.1. The number of carbonyl (C=O) groups excluding carboxylic acids is 1. The number of benzene rings is 1. The van der Waals surface area contributed by atoms with Crippen molar-refractivity contribution in [3.63, 3.8) is 0 Å². The summed E-state index contributed by atoms with van der Waals surface area (Å²) in [6, 6.07) is 4.29. The van der Waals surface area contributed by atoms with Gasteiger partial charge in [0.15, 0.2) is 11.5 Å². The topological polar surface area (TPSA) is 87.1 Å². The Morgan fingerprint density at radius 1 is 1.42 bits per heavy atom. The zero-order chi connectivity index (χ0) is 14.6. The summed E-state index contributed by atoms with van der Waals surface area (Å²) in [5.41, 5.74) is 0.276. The van der Waals surface area contributed by atoms with Crippen LogP contribution in [0.4, 0.5) is 0 Å². The van der Waals surface area contributed by atoms with Crippen LogP contribution in [-0.2, 0) is 4.79 Å². The second kappa shape index (κ2) is 6.08. The van der Waals surface area contributed by atoms with Gasteiger partial charge in [0.05, 0.1) is 13.0 Å². The lowest BCUT2D eigenvalue weighted by Gasteiger charge is -2.19. The average Bonchev–Trinajstić information content (AvgIpc) is 2.37. The van der Waals surface area contributed by atoms with E-state index in [9.17, 15) is 14.7 Å². The van der Waals surface area contributed by atoms with Gasteiger partial charge in [0.25, 0.3) is 5.91 Å². The Balaban J connectivity index is 2.82. The van der Waals surface area contributed by atoms with E-state index in [0.29, 0.717) is 0 Å². The van der Waals surface area contributed by atoms with E-state index in [1.54, 1.807) is 0 Å². The quantitative estimate of drug-likeness (QED) is 0.836. The third-order valence-corrected chi connectivity index (χ3v) is 2.74. The van der Waals surface area contributed by atoms with Crippen molar-refractivity contribution >= 4 is 11.9 Å². The largest absolute Gasteiger partial charge is 0.504 e. The lowest BCUT2D eigenvalue weighted by Crippen LogP contribution is -2.33. The minimum absolute atomic E-state index is 0.0982. The predicted molar refractivity (Wildman–Crippen MR) is 68.4 cm³/mol. The summed E-state index contributed by atoms with van der Waals surface area (Å²) in [6.45, 7) is 1.62. The lowest BCUT2D eigenvalue weighted by molar-refractivity contribution is -0.141. The van der Waals surface area contributed by atoms with E-state index in [2.05, 4.69) is 0 Å². The Morgan fingerprint density at radius 2 is 2.05 bits per heavy atom. The molecule has 104 valence electrons. The molecule has 0 aliphatic carbocycles. The van der Waals surface area contributed by atoms with E-state index in [1.807, 2.05) is 0 Å². The molecule has 0 radical (unpaired) electrons.